The van der Waals surface area contributed by atoms with Crippen molar-refractivity contribution in [3.8, 4) is 0 Å². The number of halogens is 1. The normalized spacial score (nSPS) is 32.9. The molecule has 2 fully saturated rings. The third kappa shape index (κ3) is 2.32. The molecule has 2 aliphatic rings. The molecule has 1 aliphatic heterocycles. The third-order valence-corrected chi connectivity index (χ3v) is 4.29. The molecular formula is C13H17ClN2O. The molecule has 1 aromatic rings. The maximum Gasteiger partial charge on any atom is 0.0583 e. The monoisotopic (exact) mass is 252 g/mol. The number of aliphatic hydroxyl groups excluding tert-OH is 1. The summed E-state index contributed by atoms with van der Waals surface area (Å²) in [5.41, 5.74) is 1.02. The van der Waals surface area contributed by atoms with Gasteiger partial charge in [0.2, 0.25) is 0 Å². The van der Waals surface area contributed by atoms with Gasteiger partial charge in [0.15, 0.2) is 0 Å². The molecule has 1 aromatic heterocycles. The van der Waals surface area contributed by atoms with E-state index in [2.05, 4.69) is 9.88 Å². The Labute approximate surface area is 106 Å². The molecule has 1 saturated carbocycles. The van der Waals surface area contributed by atoms with Crippen molar-refractivity contribution in [2.75, 3.05) is 13.1 Å². The van der Waals surface area contributed by atoms with Crippen LogP contribution >= 0.6 is 11.6 Å². The van der Waals surface area contributed by atoms with Gasteiger partial charge in [0, 0.05) is 36.8 Å². The van der Waals surface area contributed by atoms with Gasteiger partial charge in [-0.3, -0.25) is 9.88 Å². The fraction of sp³-hybridized carbons (Fsp3) is 0.615. The predicted molar refractivity (Wildman–Crippen MR) is 66.7 cm³/mol. The van der Waals surface area contributed by atoms with Gasteiger partial charge < -0.3 is 5.11 Å². The third-order valence-electron chi connectivity index (χ3n) is 4.06. The second-order valence-corrected chi connectivity index (χ2v) is 5.66. The first-order chi connectivity index (χ1) is 8.22. The molecule has 3 nitrogen and oxygen atoms in total. The molecule has 0 aromatic carbocycles. The summed E-state index contributed by atoms with van der Waals surface area (Å²) < 4.78 is 0. The Hall–Kier alpha value is -0.640. The average molecular weight is 253 g/mol. The lowest BCUT2D eigenvalue weighted by molar-refractivity contribution is 0.123. The van der Waals surface area contributed by atoms with Crippen molar-refractivity contribution in [2.24, 2.45) is 11.8 Å². The van der Waals surface area contributed by atoms with Crippen molar-refractivity contribution < 1.29 is 5.11 Å². The van der Waals surface area contributed by atoms with E-state index in [9.17, 15) is 5.11 Å². The molecule has 1 N–H and O–H groups in total. The van der Waals surface area contributed by atoms with Gasteiger partial charge >= 0.3 is 0 Å². The van der Waals surface area contributed by atoms with E-state index in [1.807, 2.05) is 6.07 Å². The summed E-state index contributed by atoms with van der Waals surface area (Å²) in [5.74, 6) is 1.17. The lowest BCUT2D eigenvalue weighted by Gasteiger charge is -2.17. The summed E-state index contributed by atoms with van der Waals surface area (Å²) in [4.78, 5) is 6.71. The largest absolute Gasteiger partial charge is 0.393 e. The van der Waals surface area contributed by atoms with Gasteiger partial charge in [0.1, 0.15) is 0 Å². The lowest BCUT2D eigenvalue weighted by atomic mass is 10.00. The van der Waals surface area contributed by atoms with Crippen molar-refractivity contribution in [2.45, 2.75) is 25.5 Å². The topological polar surface area (TPSA) is 36.4 Å². The van der Waals surface area contributed by atoms with Crippen LogP contribution < -0.4 is 0 Å². The first-order valence-electron chi connectivity index (χ1n) is 6.23. The molecule has 3 unspecified atom stereocenters. The fourth-order valence-electron chi connectivity index (χ4n) is 3.22. The van der Waals surface area contributed by atoms with Gasteiger partial charge in [0.05, 0.1) is 11.8 Å². The first-order valence-corrected chi connectivity index (χ1v) is 6.61. The highest BCUT2D eigenvalue weighted by Gasteiger charge is 2.41. The average Bonchev–Trinajstić information content (AvgIpc) is 2.82. The summed E-state index contributed by atoms with van der Waals surface area (Å²) in [6.07, 6.45) is 3.82. The summed E-state index contributed by atoms with van der Waals surface area (Å²) >= 11 is 5.95. The predicted octanol–water partition coefficient (Wildman–Crippen LogP) is 1.94. The van der Waals surface area contributed by atoms with Gasteiger partial charge in [-0.1, -0.05) is 11.6 Å². The Morgan fingerprint density at radius 2 is 2.29 bits per heavy atom. The SMILES string of the molecule is OC1CCC2CN(Cc3cc(Cl)ccn3)CC12. The Balaban J connectivity index is 1.64. The van der Waals surface area contributed by atoms with Gasteiger partial charge in [-0.2, -0.15) is 0 Å². The highest BCUT2D eigenvalue weighted by Crippen LogP contribution is 2.38. The van der Waals surface area contributed by atoms with E-state index in [0.717, 1.165) is 36.8 Å². The van der Waals surface area contributed by atoms with Crippen LogP contribution in [0.4, 0.5) is 0 Å². The number of rotatable bonds is 2. The molecule has 0 radical (unpaired) electrons. The fourth-order valence-corrected chi connectivity index (χ4v) is 3.40. The quantitative estimate of drug-likeness (QED) is 0.874. The van der Waals surface area contributed by atoms with Crippen LogP contribution in [-0.4, -0.2) is 34.2 Å². The van der Waals surface area contributed by atoms with Crippen LogP contribution in [0.3, 0.4) is 0 Å². The van der Waals surface area contributed by atoms with Crippen LogP contribution in [0.1, 0.15) is 18.5 Å². The highest BCUT2D eigenvalue weighted by atomic mass is 35.5. The van der Waals surface area contributed by atoms with E-state index < -0.39 is 0 Å². The van der Waals surface area contributed by atoms with E-state index in [0.29, 0.717) is 11.8 Å². The van der Waals surface area contributed by atoms with E-state index in [-0.39, 0.29) is 6.10 Å². The molecule has 0 bridgehead atoms. The number of hydrogen-bond donors (Lipinski definition) is 1. The van der Waals surface area contributed by atoms with Crippen LogP contribution in [0.25, 0.3) is 0 Å². The molecule has 4 heteroatoms. The zero-order valence-corrected chi connectivity index (χ0v) is 10.5. The number of aromatic nitrogens is 1. The summed E-state index contributed by atoms with van der Waals surface area (Å²) in [5, 5.41) is 10.6. The Bertz CT molecular complexity index is 412. The van der Waals surface area contributed by atoms with Gasteiger partial charge in [-0.05, 0) is 30.9 Å². The van der Waals surface area contributed by atoms with Crippen molar-refractivity contribution >= 4 is 11.6 Å². The van der Waals surface area contributed by atoms with E-state index in [1.165, 1.54) is 6.42 Å². The molecule has 1 saturated heterocycles. The zero-order valence-electron chi connectivity index (χ0n) is 9.72. The van der Waals surface area contributed by atoms with Crippen molar-refractivity contribution in [1.82, 2.24) is 9.88 Å². The maximum absolute atomic E-state index is 9.86. The van der Waals surface area contributed by atoms with Gasteiger partial charge in [-0.15, -0.1) is 0 Å². The summed E-state index contributed by atoms with van der Waals surface area (Å²) in [7, 11) is 0. The first kappa shape index (κ1) is 11.5. The second kappa shape index (κ2) is 4.56. The van der Waals surface area contributed by atoms with E-state index >= 15 is 0 Å². The van der Waals surface area contributed by atoms with Gasteiger partial charge in [-0.25, -0.2) is 0 Å². The Morgan fingerprint density at radius 3 is 3.06 bits per heavy atom. The number of pyridine rings is 1. The van der Waals surface area contributed by atoms with Crippen LogP contribution in [0.2, 0.25) is 5.02 Å². The maximum atomic E-state index is 9.86. The number of nitrogens with zero attached hydrogens (tertiary/aromatic N) is 2. The molecule has 3 rings (SSSR count). The molecule has 1 aliphatic carbocycles. The Kier molecular flexibility index (Phi) is 3.07. The van der Waals surface area contributed by atoms with Gasteiger partial charge in [0.25, 0.3) is 0 Å². The van der Waals surface area contributed by atoms with Crippen LogP contribution in [-0.2, 0) is 6.54 Å². The molecule has 0 spiro atoms. The zero-order chi connectivity index (χ0) is 11.8. The number of likely N-dealkylation sites (tertiary alicyclic amines) is 1. The minimum atomic E-state index is -0.0858. The second-order valence-electron chi connectivity index (χ2n) is 5.23. The Morgan fingerprint density at radius 1 is 1.41 bits per heavy atom. The molecule has 92 valence electrons. The number of aliphatic hydroxyl groups is 1. The summed E-state index contributed by atoms with van der Waals surface area (Å²) in [6, 6.07) is 3.72. The van der Waals surface area contributed by atoms with Crippen molar-refractivity contribution in [1.29, 1.82) is 0 Å². The smallest absolute Gasteiger partial charge is 0.0583 e. The number of fused-ring (bicyclic) bond motifs is 1. The molecule has 0 amide bonds. The molecule has 2 heterocycles. The molecular weight excluding hydrogens is 236 g/mol. The highest BCUT2D eigenvalue weighted by molar-refractivity contribution is 6.30. The van der Waals surface area contributed by atoms with E-state index in [4.69, 9.17) is 11.6 Å². The van der Waals surface area contributed by atoms with Crippen molar-refractivity contribution in [3.63, 3.8) is 0 Å². The molecule has 17 heavy (non-hydrogen) atoms. The van der Waals surface area contributed by atoms with Crippen LogP contribution in [0, 0.1) is 11.8 Å². The number of hydrogen-bond acceptors (Lipinski definition) is 3. The van der Waals surface area contributed by atoms with E-state index in [1.54, 1.807) is 12.3 Å². The minimum absolute atomic E-state index is 0.0858. The minimum Gasteiger partial charge on any atom is -0.393 e. The van der Waals surface area contributed by atoms with Crippen LogP contribution in [0.5, 0.6) is 0 Å². The van der Waals surface area contributed by atoms with Crippen LogP contribution in [0.15, 0.2) is 18.3 Å². The summed E-state index contributed by atoms with van der Waals surface area (Å²) in [6.45, 7) is 2.94. The lowest BCUT2D eigenvalue weighted by Crippen LogP contribution is -2.24. The molecule has 3 atom stereocenters. The standard InChI is InChI=1S/C13H17ClN2O/c14-10-3-4-15-11(5-10)7-16-6-9-1-2-13(17)12(9)8-16/h3-5,9,12-13,17H,1-2,6-8H2. The van der Waals surface area contributed by atoms with Crippen molar-refractivity contribution in [3.05, 3.63) is 29.0 Å².